The lowest BCUT2D eigenvalue weighted by Crippen LogP contribution is -2.45. The highest BCUT2D eigenvalue weighted by Gasteiger charge is 2.37. The van der Waals surface area contributed by atoms with Crippen LogP contribution in [0, 0.1) is 0 Å². The maximum Gasteiger partial charge on any atom is 0.268 e. The van der Waals surface area contributed by atoms with Gasteiger partial charge in [-0.25, -0.2) is 4.90 Å². The van der Waals surface area contributed by atoms with Gasteiger partial charge in [-0.1, -0.05) is 78.9 Å². The number of hydrogen-bond donors (Lipinski definition) is 0. The molecule has 0 N–H and O–H groups in total. The molecule has 222 valence electrons. The first-order chi connectivity index (χ1) is 22.0. The fourth-order valence-electron chi connectivity index (χ4n) is 4.85. The van der Waals surface area contributed by atoms with Gasteiger partial charge in [0.2, 0.25) is 5.91 Å². The van der Waals surface area contributed by atoms with E-state index in [1.54, 1.807) is 42.5 Å². The quantitative estimate of drug-likeness (QED) is 0.0718. The highest BCUT2D eigenvalue weighted by molar-refractivity contribution is 6.40. The van der Waals surface area contributed by atoms with E-state index in [4.69, 9.17) is 14.2 Å². The minimum absolute atomic E-state index is 0.103. The number of Topliss-reactive ketones (excluding diaryl/α,β-unsaturated/α-hetero) is 1. The van der Waals surface area contributed by atoms with Crippen molar-refractivity contribution in [1.82, 2.24) is 0 Å². The Bertz CT molecular complexity index is 1770. The molecule has 1 fully saturated rings. The van der Waals surface area contributed by atoms with Crippen molar-refractivity contribution in [2.75, 3.05) is 4.90 Å². The van der Waals surface area contributed by atoms with Crippen molar-refractivity contribution in [3.05, 3.63) is 156 Å². The summed E-state index contributed by atoms with van der Waals surface area (Å²) in [5, 5.41) is 0. The Labute approximate surface area is 260 Å². The second-order valence-corrected chi connectivity index (χ2v) is 10.4. The molecule has 1 saturated heterocycles. The molecule has 0 aromatic heterocycles. The summed E-state index contributed by atoms with van der Waals surface area (Å²) < 4.78 is 18.0. The zero-order chi connectivity index (χ0) is 31.0. The molecule has 0 radical (unpaired) electrons. The number of rotatable bonds is 10. The molecule has 5 aromatic rings. The minimum Gasteiger partial charge on any atom is -0.489 e. The number of anilines is 1. The Kier molecular flexibility index (Phi) is 8.78. The summed E-state index contributed by atoms with van der Waals surface area (Å²) in [4.78, 5) is 40.6. The molecule has 0 saturated carbocycles. The third-order valence-electron chi connectivity index (χ3n) is 7.08. The lowest BCUT2D eigenvalue weighted by atomic mass is 9.98. The van der Waals surface area contributed by atoms with E-state index < -0.39 is 24.0 Å². The molecule has 0 aliphatic carbocycles. The van der Waals surface area contributed by atoms with Gasteiger partial charge in [-0.3, -0.25) is 14.4 Å². The van der Waals surface area contributed by atoms with Gasteiger partial charge in [-0.05, 0) is 71.3 Å². The van der Waals surface area contributed by atoms with Crippen LogP contribution in [0.15, 0.2) is 139 Å². The van der Waals surface area contributed by atoms with Crippen LogP contribution >= 0.6 is 0 Å². The summed E-state index contributed by atoms with van der Waals surface area (Å²) in [5.41, 5.74) is 2.74. The maximum absolute atomic E-state index is 13.6. The number of ketones is 1. The average Bonchev–Trinajstić information content (AvgIpc) is 3.07. The van der Waals surface area contributed by atoms with Gasteiger partial charge in [-0.2, -0.15) is 0 Å². The minimum atomic E-state index is -0.699. The molecule has 0 atom stereocenters. The molecule has 1 aliphatic rings. The second-order valence-electron chi connectivity index (χ2n) is 10.4. The molecule has 6 rings (SSSR count). The van der Waals surface area contributed by atoms with Crippen molar-refractivity contribution < 1.29 is 28.6 Å². The van der Waals surface area contributed by atoms with E-state index >= 15 is 0 Å². The first-order valence-electron chi connectivity index (χ1n) is 14.5. The van der Waals surface area contributed by atoms with Gasteiger partial charge < -0.3 is 14.2 Å². The third-order valence-corrected chi connectivity index (χ3v) is 7.08. The number of ether oxygens (including phenoxy) is 3. The monoisotopic (exact) mass is 595 g/mol. The number of carbonyl (C=O) groups is 3. The highest BCUT2D eigenvalue weighted by atomic mass is 16.5. The van der Waals surface area contributed by atoms with Crippen LogP contribution in [-0.2, 0) is 27.6 Å². The Morgan fingerprint density at radius 2 is 1.09 bits per heavy atom. The van der Waals surface area contributed by atoms with Crippen molar-refractivity contribution >= 4 is 29.4 Å². The maximum atomic E-state index is 13.6. The van der Waals surface area contributed by atoms with E-state index in [2.05, 4.69) is 0 Å². The zero-order valence-corrected chi connectivity index (χ0v) is 24.3. The van der Waals surface area contributed by atoms with Crippen LogP contribution in [0.1, 0.15) is 23.1 Å². The Morgan fingerprint density at radius 1 is 0.578 bits per heavy atom. The Morgan fingerprint density at radius 3 is 1.64 bits per heavy atom. The normalized spacial score (nSPS) is 14.0. The van der Waals surface area contributed by atoms with Gasteiger partial charge in [0.05, 0.1) is 17.7 Å². The van der Waals surface area contributed by atoms with Gasteiger partial charge in [0, 0.05) is 6.07 Å². The summed E-state index contributed by atoms with van der Waals surface area (Å²) in [6, 6.07) is 40.6. The molecule has 0 bridgehead atoms. The van der Waals surface area contributed by atoms with Gasteiger partial charge in [-0.15, -0.1) is 0 Å². The predicted octanol–water partition coefficient (Wildman–Crippen LogP) is 7.55. The molecule has 2 amide bonds. The van der Waals surface area contributed by atoms with Gasteiger partial charge in [0.15, 0.2) is 5.78 Å². The molecule has 5 aromatic carbocycles. The summed E-state index contributed by atoms with van der Waals surface area (Å²) in [7, 11) is 0. The molecule has 45 heavy (non-hydrogen) atoms. The molecular weight excluding hydrogens is 566 g/mol. The molecular formula is C38H29NO6. The second kappa shape index (κ2) is 13.6. The number of imide groups is 1. The first kappa shape index (κ1) is 29.1. The largest absolute Gasteiger partial charge is 0.489 e. The summed E-state index contributed by atoms with van der Waals surface area (Å²) in [5.74, 6) is 0.383. The molecule has 7 heteroatoms. The van der Waals surface area contributed by atoms with E-state index in [9.17, 15) is 14.4 Å². The number of hydrogen-bond acceptors (Lipinski definition) is 6. The number of piperidine rings is 1. The predicted molar refractivity (Wildman–Crippen MR) is 171 cm³/mol. The molecule has 0 unspecified atom stereocenters. The van der Waals surface area contributed by atoms with Crippen LogP contribution in [0.4, 0.5) is 5.69 Å². The molecule has 7 nitrogen and oxygen atoms in total. The zero-order valence-electron chi connectivity index (χ0n) is 24.3. The third kappa shape index (κ3) is 7.35. The van der Waals surface area contributed by atoms with E-state index in [0.717, 1.165) is 16.0 Å². The van der Waals surface area contributed by atoms with Crippen molar-refractivity contribution in [3.63, 3.8) is 0 Å². The van der Waals surface area contributed by atoms with Crippen molar-refractivity contribution in [1.29, 1.82) is 0 Å². The number of benzene rings is 5. The van der Waals surface area contributed by atoms with Crippen LogP contribution in [0.2, 0.25) is 0 Å². The van der Waals surface area contributed by atoms with Gasteiger partial charge in [0.25, 0.3) is 5.91 Å². The highest BCUT2D eigenvalue weighted by Crippen LogP contribution is 2.31. The summed E-state index contributed by atoms with van der Waals surface area (Å²) >= 11 is 0. The van der Waals surface area contributed by atoms with E-state index in [0.29, 0.717) is 47.5 Å². The van der Waals surface area contributed by atoms with E-state index in [-0.39, 0.29) is 5.57 Å². The SMILES string of the molecule is O=C1CC(=O)N(c2ccc(Oc3ccccc3)cc2)C(=O)/C1=C/c1cc(OCc2ccccc2)cc(OCc2ccccc2)c1. The van der Waals surface area contributed by atoms with Crippen LogP contribution in [0.3, 0.4) is 0 Å². The first-order valence-corrected chi connectivity index (χ1v) is 14.5. The van der Waals surface area contributed by atoms with Crippen LogP contribution in [-0.4, -0.2) is 17.6 Å². The fourth-order valence-corrected chi connectivity index (χ4v) is 4.85. The lowest BCUT2D eigenvalue weighted by Gasteiger charge is -2.26. The number of amides is 2. The fraction of sp³-hybridized carbons (Fsp3) is 0.0789. The van der Waals surface area contributed by atoms with Crippen LogP contribution in [0.5, 0.6) is 23.0 Å². The molecule has 1 aliphatic heterocycles. The number of nitrogens with zero attached hydrogens (tertiary/aromatic N) is 1. The number of carbonyl (C=O) groups excluding carboxylic acids is 3. The average molecular weight is 596 g/mol. The summed E-state index contributed by atoms with van der Waals surface area (Å²) in [6.45, 7) is 0.645. The van der Waals surface area contributed by atoms with Crippen LogP contribution in [0.25, 0.3) is 6.08 Å². The Hall–Kier alpha value is -5.95. The topological polar surface area (TPSA) is 82.1 Å². The number of para-hydroxylation sites is 1. The van der Waals surface area contributed by atoms with Crippen molar-refractivity contribution in [2.24, 2.45) is 0 Å². The van der Waals surface area contributed by atoms with Gasteiger partial charge in [0.1, 0.15) is 36.2 Å². The van der Waals surface area contributed by atoms with Crippen molar-refractivity contribution in [3.8, 4) is 23.0 Å². The van der Waals surface area contributed by atoms with E-state index in [1.165, 1.54) is 6.08 Å². The van der Waals surface area contributed by atoms with Crippen molar-refractivity contribution in [2.45, 2.75) is 19.6 Å². The molecule has 0 spiro atoms. The standard InChI is InChI=1S/C38H29NO6/c40-36-24-37(41)39(30-16-18-32(19-17-30)45-31-14-8-3-9-15-31)38(42)35(36)22-29-20-33(43-25-27-10-4-1-5-11-27)23-34(21-29)44-26-28-12-6-2-7-13-28/h1-23H,24-26H2/b35-22+. The van der Waals surface area contributed by atoms with Crippen LogP contribution < -0.4 is 19.1 Å². The smallest absolute Gasteiger partial charge is 0.268 e. The van der Waals surface area contributed by atoms with E-state index in [1.807, 2.05) is 91.0 Å². The lowest BCUT2D eigenvalue weighted by molar-refractivity contribution is -0.131. The molecule has 1 heterocycles. The summed E-state index contributed by atoms with van der Waals surface area (Å²) in [6.07, 6.45) is 1.06. The van der Waals surface area contributed by atoms with Gasteiger partial charge >= 0.3 is 0 Å². The Balaban J connectivity index is 1.26.